The van der Waals surface area contributed by atoms with Crippen molar-refractivity contribution < 1.29 is 31.5 Å². The number of nitrogens with two attached hydrogens (primary N) is 1. The summed E-state index contributed by atoms with van der Waals surface area (Å²) in [5.74, 6) is -11.3. The van der Waals surface area contributed by atoms with Gasteiger partial charge in [0.2, 0.25) is 0 Å². The van der Waals surface area contributed by atoms with Gasteiger partial charge in [-0.25, -0.2) is 18.0 Å². The predicted molar refractivity (Wildman–Crippen MR) is 54.8 cm³/mol. The van der Waals surface area contributed by atoms with Crippen LogP contribution in [0.25, 0.3) is 0 Å². The van der Waals surface area contributed by atoms with E-state index in [4.69, 9.17) is 5.73 Å². The fourth-order valence-corrected chi connectivity index (χ4v) is 1.32. The molecule has 0 amide bonds. The van der Waals surface area contributed by atoms with Crippen LogP contribution in [0, 0.1) is 17.5 Å². The quantitative estimate of drug-likeness (QED) is 0.524. The molecule has 1 atom stereocenters. The van der Waals surface area contributed by atoms with E-state index < -0.39 is 40.9 Å². The summed E-state index contributed by atoms with van der Waals surface area (Å²) in [5, 5.41) is 0. The molecule has 0 aliphatic rings. The van der Waals surface area contributed by atoms with Crippen molar-refractivity contribution in [3.8, 4) is 0 Å². The van der Waals surface area contributed by atoms with Crippen LogP contribution < -0.4 is 5.73 Å². The van der Waals surface area contributed by atoms with Gasteiger partial charge in [-0.1, -0.05) is 0 Å². The Labute approximate surface area is 105 Å². The molecule has 19 heavy (non-hydrogen) atoms. The largest absolute Gasteiger partial charge is 0.462 e. The number of carbonyl (C=O) groups excluding carboxylic acids is 1. The maximum absolute atomic E-state index is 13.5. The van der Waals surface area contributed by atoms with Gasteiger partial charge in [-0.2, -0.15) is 8.78 Å². The van der Waals surface area contributed by atoms with Crippen LogP contribution in [-0.2, 0) is 9.53 Å². The number of rotatable bonds is 4. The molecule has 0 heterocycles. The van der Waals surface area contributed by atoms with E-state index in [1.165, 1.54) is 6.92 Å². The third-order valence-electron chi connectivity index (χ3n) is 2.30. The molecule has 3 nitrogen and oxygen atoms in total. The lowest BCUT2D eigenvalue weighted by atomic mass is 10.0. The van der Waals surface area contributed by atoms with Gasteiger partial charge in [0.25, 0.3) is 0 Å². The molecule has 0 aliphatic carbocycles. The van der Waals surface area contributed by atoms with Gasteiger partial charge in [-0.05, 0) is 24.6 Å². The van der Waals surface area contributed by atoms with E-state index in [2.05, 4.69) is 4.74 Å². The molecule has 0 fully saturated rings. The smallest absolute Gasteiger partial charge is 0.379 e. The van der Waals surface area contributed by atoms with Crippen LogP contribution in [0.2, 0.25) is 0 Å². The average Bonchev–Trinajstić information content (AvgIpc) is 2.34. The first-order valence-corrected chi connectivity index (χ1v) is 5.16. The minimum atomic E-state index is -4.19. The molecular formula is C11H10F5NO2. The predicted octanol–water partition coefficient (Wildman–Crippen LogP) is 2.30. The number of carbonyl (C=O) groups is 1. The first-order valence-electron chi connectivity index (χ1n) is 5.16. The molecule has 0 radical (unpaired) electrons. The zero-order valence-corrected chi connectivity index (χ0v) is 9.72. The van der Waals surface area contributed by atoms with Gasteiger partial charge in [0.15, 0.2) is 17.5 Å². The monoisotopic (exact) mass is 283 g/mol. The van der Waals surface area contributed by atoms with E-state index in [1.807, 2.05) is 0 Å². The Morgan fingerprint density at radius 2 is 1.79 bits per heavy atom. The van der Waals surface area contributed by atoms with Crippen molar-refractivity contribution in [3.05, 3.63) is 35.1 Å². The summed E-state index contributed by atoms with van der Waals surface area (Å²) in [6, 6.07) is -1.75. The highest BCUT2D eigenvalue weighted by Crippen LogP contribution is 2.31. The molecule has 106 valence electrons. The van der Waals surface area contributed by atoms with Gasteiger partial charge < -0.3 is 10.5 Å². The highest BCUT2D eigenvalue weighted by molar-refractivity contribution is 5.78. The molecule has 0 saturated carbocycles. The molecule has 8 heteroatoms. The van der Waals surface area contributed by atoms with Crippen molar-refractivity contribution >= 4 is 5.97 Å². The van der Waals surface area contributed by atoms with Crippen molar-refractivity contribution in [2.45, 2.75) is 18.9 Å². The molecule has 1 aromatic carbocycles. The van der Waals surface area contributed by atoms with Crippen molar-refractivity contribution in [3.63, 3.8) is 0 Å². The van der Waals surface area contributed by atoms with Crippen molar-refractivity contribution in [1.82, 2.24) is 0 Å². The number of hydrogen-bond acceptors (Lipinski definition) is 3. The molecular weight excluding hydrogens is 273 g/mol. The van der Waals surface area contributed by atoms with Crippen molar-refractivity contribution in [2.24, 2.45) is 5.73 Å². The van der Waals surface area contributed by atoms with Crippen molar-refractivity contribution in [1.29, 1.82) is 0 Å². The maximum Gasteiger partial charge on any atom is 0.379 e. The van der Waals surface area contributed by atoms with Crippen LogP contribution in [0.15, 0.2) is 12.1 Å². The normalized spacial score (nSPS) is 13.2. The lowest BCUT2D eigenvalue weighted by molar-refractivity contribution is -0.174. The van der Waals surface area contributed by atoms with E-state index in [1.54, 1.807) is 0 Å². The summed E-state index contributed by atoms with van der Waals surface area (Å²) < 4.78 is 69.6. The van der Waals surface area contributed by atoms with Gasteiger partial charge in [0, 0.05) is 0 Å². The summed E-state index contributed by atoms with van der Waals surface area (Å²) in [5.41, 5.74) is 4.33. The number of esters is 1. The number of ether oxygens (including phenoxy) is 1. The average molecular weight is 283 g/mol. The molecule has 1 aromatic rings. The van der Waals surface area contributed by atoms with Gasteiger partial charge in [-0.15, -0.1) is 0 Å². The van der Waals surface area contributed by atoms with Gasteiger partial charge in [0.1, 0.15) is 6.04 Å². The van der Waals surface area contributed by atoms with Crippen LogP contribution in [0.3, 0.4) is 0 Å². The summed E-state index contributed by atoms with van der Waals surface area (Å²) >= 11 is 0. The van der Waals surface area contributed by atoms with E-state index in [-0.39, 0.29) is 6.61 Å². The Morgan fingerprint density at radius 3 is 2.21 bits per heavy atom. The Bertz CT molecular complexity index is 469. The third-order valence-corrected chi connectivity index (χ3v) is 2.30. The van der Waals surface area contributed by atoms with Crippen LogP contribution >= 0.6 is 0 Å². The molecule has 0 spiro atoms. The molecule has 0 saturated heterocycles. The third kappa shape index (κ3) is 3.01. The minimum absolute atomic E-state index is 0.302. The Kier molecular flexibility index (Phi) is 4.46. The highest BCUT2D eigenvalue weighted by Gasteiger charge is 2.48. The summed E-state index contributed by atoms with van der Waals surface area (Å²) in [6.45, 7) is 0.990. The molecule has 1 rings (SSSR count). The maximum atomic E-state index is 13.5. The number of hydrogen-bond donors (Lipinski definition) is 1. The Balaban J connectivity index is 3.12. The van der Waals surface area contributed by atoms with E-state index in [0.717, 1.165) is 0 Å². The number of benzene rings is 1. The van der Waals surface area contributed by atoms with E-state index in [9.17, 15) is 26.7 Å². The lowest BCUT2D eigenvalue weighted by Crippen LogP contribution is -2.41. The topological polar surface area (TPSA) is 52.3 Å². The number of alkyl halides is 2. The standard InChI is InChI=1S/C11H10F5NO2/c1-2-19-10(18)11(15,16)9(17)5-3-6(12)8(14)7(13)4-5/h3-4,9H,2,17H2,1H3/t9-/m0/s1. The SMILES string of the molecule is CCOC(=O)C(F)(F)[C@@H](N)c1cc(F)c(F)c(F)c1. The molecule has 0 aliphatic heterocycles. The van der Waals surface area contributed by atoms with Crippen LogP contribution in [0.4, 0.5) is 22.0 Å². The lowest BCUT2D eigenvalue weighted by Gasteiger charge is -2.22. The molecule has 2 N–H and O–H groups in total. The van der Waals surface area contributed by atoms with Gasteiger partial charge in [0.05, 0.1) is 6.61 Å². The Morgan fingerprint density at radius 1 is 1.32 bits per heavy atom. The van der Waals surface area contributed by atoms with Crippen LogP contribution in [-0.4, -0.2) is 18.5 Å². The van der Waals surface area contributed by atoms with Crippen LogP contribution in [0.5, 0.6) is 0 Å². The fraction of sp³-hybridized carbons (Fsp3) is 0.364. The first kappa shape index (κ1) is 15.4. The minimum Gasteiger partial charge on any atom is -0.462 e. The zero-order valence-electron chi connectivity index (χ0n) is 9.72. The first-order chi connectivity index (χ1) is 8.71. The molecule has 0 bridgehead atoms. The van der Waals surface area contributed by atoms with Gasteiger partial charge >= 0.3 is 11.9 Å². The summed E-state index contributed by atoms with van der Waals surface area (Å²) in [6.07, 6.45) is 0. The highest BCUT2D eigenvalue weighted by atomic mass is 19.3. The second-order valence-electron chi connectivity index (χ2n) is 3.62. The summed E-state index contributed by atoms with van der Waals surface area (Å²) in [7, 11) is 0. The number of halogens is 5. The van der Waals surface area contributed by atoms with Crippen molar-refractivity contribution in [2.75, 3.05) is 6.61 Å². The molecule has 0 unspecified atom stereocenters. The Hall–Kier alpha value is -1.70. The second kappa shape index (κ2) is 5.52. The van der Waals surface area contributed by atoms with Crippen LogP contribution in [0.1, 0.15) is 18.5 Å². The second-order valence-corrected chi connectivity index (χ2v) is 3.62. The molecule has 0 aromatic heterocycles. The zero-order chi connectivity index (χ0) is 14.8. The fourth-order valence-electron chi connectivity index (χ4n) is 1.32. The van der Waals surface area contributed by atoms with Gasteiger partial charge in [-0.3, -0.25) is 0 Å². The summed E-state index contributed by atoms with van der Waals surface area (Å²) in [4.78, 5) is 11.0. The van der Waals surface area contributed by atoms with E-state index >= 15 is 0 Å². The van der Waals surface area contributed by atoms with E-state index in [0.29, 0.717) is 12.1 Å².